The molecule has 1 fully saturated rings. The molecule has 1 heterocycles. The van der Waals surface area contributed by atoms with Crippen molar-refractivity contribution in [1.82, 2.24) is 5.32 Å². The van der Waals surface area contributed by atoms with E-state index in [1.165, 1.54) is 0 Å². The van der Waals surface area contributed by atoms with Gasteiger partial charge in [-0.15, -0.1) is 0 Å². The van der Waals surface area contributed by atoms with E-state index >= 15 is 0 Å². The summed E-state index contributed by atoms with van der Waals surface area (Å²) in [7, 11) is 0. The van der Waals surface area contributed by atoms with E-state index in [0.717, 1.165) is 32.5 Å². The van der Waals surface area contributed by atoms with E-state index in [4.69, 9.17) is 9.47 Å². The minimum Gasteiger partial charge on any atom is -0.466 e. The lowest BCUT2D eigenvalue weighted by atomic mass is 9.97. The van der Waals surface area contributed by atoms with Gasteiger partial charge in [-0.3, -0.25) is 9.59 Å². The Hall–Kier alpha value is -1.10. The first-order valence-corrected chi connectivity index (χ1v) is 6.72. The summed E-state index contributed by atoms with van der Waals surface area (Å²) in [4.78, 5) is 22.5. The Morgan fingerprint density at radius 1 is 1.28 bits per heavy atom. The third-order valence-corrected chi connectivity index (χ3v) is 3.08. The molecule has 0 spiro atoms. The number of nitrogens with one attached hydrogen (secondary N) is 1. The summed E-state index contributed by atoms with van der Waals surface area (Å²) in [5.74, 6) is 0.274. The average molecular weight is 257 g/mol. The molecule has 0 aromatic rings. The Balaban J connectivity index is 2.00. The van der Waals surface area contributed by atoms with Gasteiger partial charge in [-0.2, -0.15) is 0 Å². The first kappa shape index (κ1) is 15.0. The van der Waals surface area contributed by atoms with Gasteiger partial charge < -0.3 is 14.8 Å². The molecule has 0 bridgehead atoms. The van der Waals surface area contributed by atoms with Crippen molar-refractivity contribution >= 4 is 11.9 Å². The average Bonchev–Trinajstić information content (AvgIpc) is 2.38. The molecule has 0 atom stereocenters. The second-order valence-electron chi connectivity index (χ2n) is 4.50. The molecular formula is C13H23NO4. The number of hydrogen-bond donors (Lipinski definition) is 1. The van der Waals surface area contributed by atoms with E-state index in [1.807, 2.05) is 0 Å². The zero-order valence-corrected chi connectivity index (χ0v) is 11.1. The van der Waals surface area contributed by atoms with Crippen LogP contribution in [0.4, 0.5) is 0 Å². The first-order valence-electron chi connectivity index (χ1n) is 6.72. The third-order valence-electron chi connectivity index (χ3n) is 3.08. The number of rotatable bonds is 7. The van der Waals surface area contributed by atoms with E-state index in [0.29, 0.717) is 19.1 Å². The Kier molecular flexibility index (Phi) is 7.41. The van der Waals surface area contributed by atoms with E-state index < -0.39 is 0 Å². The number of amides is 1. The van der Waals surface area contributed by atoms with Gasteiger partial charge in [-0.1, -0.05) is 0 Å². The van der Waals surface area contributed by atoms with Gasteiger partial charge in [0.15, 0.2) is 0 Å². The zero-order valence-electron chi connectivity index (χ0n) is 11.1. The smallest absolute Gasteiger partial charge is 0.306 e. The highest BCUT2D eigenvalue weighted by molar-refractivity contribution is 5.81. The molecule has 1 aliphatic rings. The molecule has 0 saturated carbocycles. The predicted octanol–water partition coefficient (Wildman–Crippen LogP) is 1.26. The molecule has 0 radical (unpaired) electrons. The second-order valence-corrected chi connectivity index (χ2v) is 4.50. The molecule has 0 aromatic carbocycles. The van der Waals surface area contributed by atoms with Crippen LogP contribution in [0.5, 0.6) is 0 Å². The number of hydrogen-bond acceptors (Lipinski definition) is 4. The van der Waals surface area contributed by atoms with Crippen LogP contribution in [0.15, 0.2) is 0 Å². The van der Waals surface area contributed by atoms with Crippen LogP contribution in [-0.4, -0.2) is 38.2 Å². The number of esters is 1. The number of carbonyl (C=O) groups is 2. The lowest BCUT2D eigenvalue weighted by Crippen LogP contribution is -2.27. The quantitative estimate of drug-likeness (QED) is 0.697. The highest BCUT2D eigenvalue weighted by atomic mass is 16.5. The van der Waals surface area contributed by atoms with Crippen molar-refractivity contribution in [3.8, 4) is 0 Å². The monoisotopic (exact) mass is 257 g/mol. The van der Waals surface area contributed by atoms with Crippen LogP contribution in [0, 0.1) is 5.92 Å². The fourth-order valence-electron chi connectivity index (χ4n) is 1.99. The van der Waals surface area contributed by atoms with Crippen molar-refractivity contribution in [2.45, 2.75) is 39.0 Å². The summed E-state index contributed by atoms with van der Waals surface area (Å²) in [5.41, 5.74) is 0. The van der Waals surface area contributed by atoms with Crippen LogP contribution in [-0.2, 0) is 19.1 Å². The van der Waals surface area contributed by atoms with Gasteiger partial charge in [-0.25, -0.2) is 0 Å². The summed E-state index contributed by atoms with van der Waals surface area (Å²) >= 11 is 0. The van der Waals surface area contributed by atoms with Crippen LogP contribution in [0.2, 0.25) is 0 Å². The molecular weight excluding hydrogens is 234 g/mol. The van der Waals surface area contributed by atoms with Gasteiger partial charge in [-0.05, 0) is 32.1 Å². The molecule has 1 amide bonds. The van der Waals surface area contributed by atoms with E-state index in [-0.39, 0.29) is 24.7 Å². The van der Waals surface area contributed by atoms with Gasteiger partial charge in [0.05, 0.1) is 13.0 Å². The van der Waals surface area contributed by atoms with Crippen molar-refractivity contribution in [3.05, 3.63) is 0 Å². The highest BCUT2D eigenvalue weighted by Crippen LogP contribution is 2.17. The fraction of sp³-hybridized carbons (Fsp3) is 0.846. The van der Waals surface area contributed by atoms with Crippen molar-refractivity contribution in [2.24, 2.45) is 5.92 Å². The molecule has 0 aliphatic carbocycles. The minimum atomic E-state index is -0.308. The standard InChI is InChI=1S/C13H23NO4/c1-2-18-13(16)4-3-12(15)14-8-5-11-6-9-17-10-7-11/h11H,2-10H2,1H3,(H,14,15). The molecule has 5 nitrogen and oxygen atoms in total. The molecule has 0 unspecified atom stereocenters. The van der Waals surface area contributed by atoms with E-state index in [9.17, 15) is 9.59 Å². The maximum Gasteiger partial charge on any atom is 0.306 e. The van der Waals surface area contributed by atoms with Crippen LogP contribution >= 0.6 is 0 Å². The summed E-state index contributed by atoms with van der Waals surface area (Å²) in [5, 5.41) is 2.84. The Labute approximate surface area is 108 Å². The topological polar surface area (TPSA) is 64.6 Å². The molecule has 0 aromatic heterocycles. The third kappa shape index (κ3) is 6.59. The summed E-state index contributed by atoms with van der Waals surface area (Å²) in [6.45, 7) is 4.48. The van der Waals surface area contributed by atoms with Crippen LogP contribution < -0.4 is 5.32 Å². The maximum absolute atomic E-state index is 11.4. The van der Waals surface area contributed by atoms with Gasteiger partial charge in [0.25, 0.3) is 0 Å². The van der Waals surface area contributed by atoms with Crippen LogP contribution in [0.1, 0.15) is 39.0 Å². The first-order chi connectivity index (χ1) is 8.72. The Morgan fingerprint density at radius 3 is 2.67 bits per heavy atom. The Bertz CT molecular complexity index is 262. The van der Waals surface area contributed by atoms with Crippen molar-refractivity contribution in [2.75, 3.05) is 26.4 Å². The molecule has 1 rings (SSSR count). The normalized spacial score (nSPS) is 16.3. The van der Waals surface area contributed by atoms with Crippen LogP contribution in [0.3, 0.4) is 0 Å². The van der Waals surface area contributed by atoms with E-state index in [1.54, 1.807) is 6.92 Å². The Morgan fingerprint density at radius 2 is 2.00 bits per heavy atom. The maximum atomic E-state index is 11.4. The van der Waals surface area contributed by atoms with Gasteiger partial charge >= 0.3 is 5.97 Å². The SMILES string of the molecule is CCOC(=O)CCC(=O)NCCC1CCOCC1. The molecule has 1 N–H and O–H groups in total. The fourth-order valence-corrected chi connectivity index (χ4v) is 1.99. The summed E-state index contributed by atoms with van der Waals surface area (Å²) < 4.78 is 10.0. The summed E-state index contributed by atoms with van der Waals surface area (Å²) in [6.07, 6.45) is 3.54. The summed E-state index contributed by atoms with van der Waals surface area (Å²) in [6, 6.07) is 0. The molecule has 1 saturated heterocycles. The second kappa shape index (κ2) is 8.91. The lowest BCUT2D eigenvalue weighted by Gasteiger charge is -2.21. The van der Waals surface area contributed by atoms with Crippen molar-refractivity contribution < 1.29 is 19.1 Å². The molecule has 18 heavy (non-hydrogen) atoms. The van der Waals surface area contributed by atoms with Crippen molar-refractivity contribution in [1.29, 1.82) is 0 Å². The zero-order chi connectivity index (χ0) is 13.2. The largest absolute Gasteiger partial charge is 0.466 e. The predicted molar refractivity (Wildman–Crippen MR) is 67.0 cm³/mol. The van der Waals surface area contributed by atoms with Crippen molar-refractivity contribution in [3.63, 3.8) is 0 Å². The van der Waals surface area contributed by atoms with E-state index in [2.05, 4.69) is 5.32 Å². The molecule has 5 heteroatoms. The number of carbonyl (C=O) groups excluding carboxylic acids is 2. The minimum absolute atomic E-state index is 0.0740. The van der Waals surface area contributed by atoms with Gasteiger partial charge in [0.2, 0.25) is 5.91 Å². The van der Waals surface area contributed by atoms with Gasteiger partial charge in [0.1, 0.15) is 0 Å². The highest BCUT2D eigenvalue weighted by Gasteiger charge is 2.14. The lowest BCUT2D eigenvalue weighted by molar-refractivity contribution is -0.144. The van der Waals surface area contributed by atoms with Gasteiger partial charge in [0, 0.05) is 26.2 Å². The molecule has 1 aliphatic heterocycles. The molecule has 104 valence electrons. The number of ether oxygens (including phenoxy) is 2. The van der Waals surface area contributed by atoms with Crippen LogP contribution in [0.25, 0.3) is 0 Å².